The first-order valence-electron chi connectivity index (χ1n) is 5.45. The summed E-state index contributed by atoms with van der Waals surface area (Å²) in [5.41, 5.74) is 0. The van der Waals surface area contributed by atoms with Crippen LogP contribution in [-0.4, -0.2) is 43.3 Å². The number of hydrogen-bond acceptors (Lipinski definition) is 2. The van der Waals surface area contributed by atoms with Crippen LogP contribution in [-0.2, 0) is 0 Å². The Kier molecular flexibility index (Phi) is 4.40. The zero-order chi connectivity index (χ0) is 11.5. The van der Waals surface area contributed by atoms with Crippen molar-refractivity contribution < 1.29 is 13.2 Å². The van der Waals surface area contributed by atoms with E-state index >= 15 is 0 Å². The summed E-state index contributed by atoms with van der Waals surface area (Å²) < 4.78 is 37.1. The molecule has 0 aliphatic heterocycles. The fraction of sp³-hybridized carbons (Fsp3) is 1.00. The highest BCUT2D eigenvalue weighted by Gasteiger charge is 2.40. The molecule has 0 aromatic carbocycles. The lowest BCUT2D eigenvalue weighted by Gasteiger charge is -2.31. The van der Waals surface area contributed by atoms with Crippen LogP contribution >= 0.6 is 0 Å². The van der Waals surface area contributed by atoms with Crippen molar-refractivity contribution in [1.82, 2.24) is 10.2 Å². The molecule has 0 amide bonds. The number of nitrogens with zero attached hydrogens (tertiary/aromatic N) is 1. The molecule has 1 saturated carbocycles. The summed E-state index contributed by atoms with van der Waals surface area (Å²) >= 11 is 0. The zero-order valence-corrected chi connectivity index (χ0v) is 9.27. The predicted molar refractivity (Wildman–Crippen MR) is 53.8 cm³/mol. The Balaban J connectivity index is 2.54. The Morgan fingerprint density at radius 3 is 2.33 bits per heavy atom. The van der Waals surface area contributed by atoms with Gasteiger partial charge in [0.15, 0.2) is 0 Å². The molecule has 1 unspecified atom stereocenters. The lowest BCUT2D eigenvalue weighted by Crippen LogP contribution is -2.47. The van der Waals surface area contributed by atoms with Crippen molar-refractivity contribution >= 4 is 0 Å². The maximum absolute atomic E-state index is 12.4. The number of hydrogen-bond donors (Lipinski definition) is 1. The van der Waals surface area contributed by atoms with Crippen LogP contribution in [0.25, 0.3) is 0 Å². The monoisotopic (exact) mass is 224 g/mol. The van der Waals surface area contributed by atoms with E-state index in [4.69, 9.17) is 0 Å². The molecular weight excluding hydrogens is 205 g/mol. The van der Waals surface area contributed by atoms with Crippen molar-refractivity contribution in [2.24, 2.45) is 0 Å². The van der Waals surface area contributed by atoms with E-state index in [1.54, 1.807) is 11.9 Å². The lowest BCUT2D eigenvalue weighted by atomic mass is 10.2. The third-order valence-corrected chi connectivity index (χ3v) is 2.76. The van der Waals surface area contributed by atoms with Crippen LogP contribution < -0.4 is 5.32 Å². The highest BCUT2D eigenvalue weighted by Crippen LogP contribution is 2.32. The molecule has 15 heavy (non-hydrogen) atoms. The van der Waals surface area contributed by atoms with Crippen molar-refractivity contribution in [3.8, 4) is 0 Å². The van der Waals surface area contributed by atoms with Gasteiger partial charge in [-0.2, -0.15) is 13.2 Å². The first-order chi connectivity index (χ1) is 6.98. The molecule has 2 nitrogen and oxygen atoms in total. The summed E-state index contributed by atoms with van der Waals surface area (Å²) in [6, 6.07) is 0.161. The summed E-state index contributed by atoms with van der Waals surface area (Å²) in [4.78, 5) is 1.61. The van der Waals surface area contributed by atoms with E-state index in [9.17, 15) is 13.2 Å². The van der Waals surface area contributed by atoms with Crippen LogP contribution in [0.15, 0.2) is 0 Å². The minimum atomic E-state index is -4.08. The fourth-order valence-corrected chi connectivity index (χ4v) is 1.90. The summed E-state index contributed by atoms with van der Waals surface area (Å²) in [7, 11) is 1.78. The van der Waals surface area contributed by atoms with Gasteiger partial charge >= 0.3 is 6.18 Å². The van der Waals surface area contributed by atoms with Gasteiger partial charge in [-0.1, -0.05) is 6.92 Å². The first-order valence-corrected chi connectivity index (χ1v) is 5.45. The van der Waals surface area contributed by atoms with Crippen LogP contribution in [0, 0.1) is 0 Å². The Morgan fingerprint density at radius 1 is 1.40 bits per heavy atom. The predicted octanol–water partition coefficient (Wildman–Crippen LogP) is 2.01. The average Bonchev–Trinajstić information content (AvgIpc) is 2.92. The van der Waals surface area contributed by atoms with E-state index in [0.29, 0.717) is 6.54 Å². The van der Waals surface area contributed by atoms with E-state index in [2.05, 4.69) is 5.32 Å². The largest absolute Gasteiger partial charge is 0.401 e. The van der Waals surface area contributed by atoms with Crippen LogP contribution in [0.1, 0.15) is 26.2 Å². The molecule has 1 atom stereocenters. The molecular formula is C10H19F3N2. The maximum atomic E-state index is 12.4. The maximum Gasteiger partial charge on any atom is 0.401 e. The highest BCUT2D eigenvalue weighted by molar-refractivity contribution is 4.90. The number of nitrogens with one attached hydrogen (secondary N) is 1. The van der Waals surface area contributed by atoms with Crippen LogP contribution in [0.4, 0.5) is 13.2 Å². The molecule has 0 radical (unpaired) electrons. The van der Waals surface area contributed by atoms with Crippen molar-refractivity contribution in [3.05, 3.63) is 0 Å². The molecule has 0 saturated heterocycles. The minimum absolute atomic E-state index is 0.00382. The third kappa shape index (κ3) is 4.38. The fourth-order valence-electron chi connectivity index (χ4n) is 1.90. The van der Waals surface area contributed by atoms with Crippen molar-refractivity contribution in [2.45, 2.75) is 44.4 Å². The van der Waals surface area contributed by atoms with Gasteiger partial charge in [-0.25, -0.2) is 0 Å². The first kappa shape index (κ1) is 12.8. The van der Waals surface area contributed by atoms with E-state index in [0.717, 1.165) is 19.3 Å². The molecule has 1 aliphatic carbocycles. The number of likely N-dealkylation sites (N-methyl/N-ethyl adjacent to an activating group) is 1. The van der Waals surface area contributed by atoms with Crippen molar-refractivity contribution in [3.63, 3.8) is 0 Å². The van der Waals surface area contributed by atoms with Gasteiger partial charge in [0.25, 0.3) is 0 Å². The molecule has 90 valence electrons. The Bertz CT molecular complexity index is 190. The topological polar surface area (TPSA) is 15.3 Å². The van der Waals surface area contributed by atoms with E-state index in [1.165, 1.54) is 0 Å². The Labute approximate surface area is 88.8 Å². The molecule has 1 N–H and O–H groups in total. The Hall–Kier alpha value is -0.290. The second-order valence-electron chi connectivity index (χ2n) is 4.14. The summed E-state index contributed by atoms with van der Waals surface area (Å²) in [6.07, 6.45) is -1.50. The van der Waals surface area contributed by atoms with Crippen LogP contribution in [0.5, 0.6) is 0 Å². The van der Waals surface area contributed by atoms with Gasteiger partial charge in [0.05, 0.1) is 6.54 Å². The summed E-state index contributed by atoms with van der Waals surface area (Å²) in [5, 5.41) is 2.96. The number of halogens is 3. The molecule has 1 aliphatic rings. The van der Waals surface area contributed by atoms with Crippen molar-refractivity contribution in [2.75, 3.05) is 20.1 Å². The van der Waals surface area contributed by atoms with Gasteiger partial charge < -0.3 is 5.32 Å². The third-order valence-electron chi connectivity index (χ3n) is 2.76. The van der Waals surface area contributed by atoms with E-state index < -0.39 is 12.7 Å². The second kappa shape index (κ2) is 5.16. The van der Waals surface area contributed by atoms with Gasteiger partial charge in [-0.3, -0.25) is 4.90 Å². The van der Waals surface area contributed by atoms with Gasteiger partial charge in [0, 0.05) is 18.6 Å². The van der Waals surface area contributed by atoms with Crippen LogP contribution in [0.2, 0.25) is 0 Å². The van der Waals surface area contributed by atoms with E-state index in [1.807, 2.05) is 6.92 Å². The standard InChI is InChI=1S/C10H19F3N2/c1-3-8(6-14-2)15(9-4-5-9)7-10(11,12)13/h8-9,14H,3-7H2,1-2H3. The normalized spacial score (nSPS) is 19.6. The molecule has 5 heteroatoms. The van der Waals surface area contributed by atoms with Gasteiger partial charge in [-0.05, 0) is 26.3 Å². The quantitative estimate of drug-likeness (QED) is 0.742. The summed E-state index contributed by atoms with van der Waals surface area (Å²) in [6.45, 7) is 1.80. The highest BCUT2D eigenvalue weighted by atomic mass is 19.4. The van der Waals surface area contributed by atoms with Gasteiger partial charge in [0.1, 0.15) is 0 Å². The van der Waals surface area contributed by atoms with Crippen molar-refractivity contribution in [1.29, 1.82) is 0 Å². The number of rotatable bonds is 6. The minimum Gasteiger partial charge on any atom is -0.318 e. The Morgan fingerprint density at radius 2 is 2.00 bits per heavy atom. The van der Waals surface area contributed by atoms with Gasteiger partial charge in [-0.15, -0.1) is 0 Å². The zero-order valence-electron chi connectivity index (χ0n) is 9.27. The molecule has 0 spiro atoms. The summed E-state index contributed by atoms with van der Waals surface area (Å²) in [5.74, 6) is 0. The molecule has 1 rings (SSSR count). The molecule has 1 fully saturated rings. The molecule has 0 heterocycles. The number of alkyl halides is 3. The average molecular weight is 224 g/mol. The smallest absolute Gasteiger partial charge is 0.318 e. The second-order valence-corrected chi connectivity index (χ2v) is 4.14. The molecule has 0 bridgehead atoms. The van der Waals surface area contributed by atoms with Crippen LogP contribution in [0.3, 0.4) is 0 Å². The molecule has 0 aromatic heterocycles. The SMILES string of the molecule is CCC(CNC)N(CC(F)(F)F)C1CC1. The van der Waals surface area contributed by atoms with E-state index in [-0.39, 0.29) is 12.1 Å². The molecule has 0 aromatic rings. The lowest BCUT2D eigenvalue weighted by molar-refractivity contribution is -0.152. The van der Waals surface area contributed by atoms with Gasteiger partial charge in [0.2, 0.25) is 0 Å².